The summed E-state index contributed by atoms with van der Waals surface area (Å²) in [5, 5.41) is 2.70. The monoisotopic (exact) mass is 428 g/mol. The second-order valence-corrected chi connectivity index (χ2v) is 9.46. The molecule has 1 saturated heterocycles. The van der Waals surface area contributed by atoms with E-state index in [4.69, 9.17) is 0 Å². The van der Waals surface area contributed by atoms with E-state index in [0.717, 1.165) is 28.2 Å². The van der Waals surface area contributed by atoms with Crippen LogP contribution in [0.25, 0.3) is 10.7 Å². The van der Waals surface area contributed by atoms with Crippen LogP contribution in [-0.4, -0.2) is 48.3 Å². The summed E-state index contributed by atoms with van der Waals surface area (Å²) in [6.45, 7) is 1.36. The average Bonchev–Trinajstić information content (AvgIpc) is 3.35. The number of benzene rings is 1. The zero-order chi connectivity index (χ0) is 19.0. The van der Waals surface area contributed by atoms with Gasteiger partial charge in [-0.25, -0.2) is 17.2 Å². The van der Waals surface area contributed by atoms with Gasteiger partial charge in [-0.2, -0.15) is 13.7 Å². The molecule has 0 atom stereocenters. The minimum Gasteiger partial charge on any atom is -0.344 e. The fourth-order valence-electron chi connectivity index (χ4n) is 2.76. The summed E-state index contributed by atoms with van der Waals surface area (Å²) in [5.41, 5.74) is 0. The van der Waals surface area contributed by atoms with Crippen molar-refractivity contribution in [3.05, 3.63) is 47.3 Å². The first-order chi connectivity index (χ1) is 12.9. The summed E-state index contributed by atoms with van der Waals surface area (Å²) in [6.07, 6.45) is 0. The van der Waals surface area contributed by atoms with Gasteiger partial charge in [0.15, 0.2) is 17.5 Å². The predicted molar refractivity (Wildman–Crippen MR) is 101 cm³/mol. The van der Waals surface area contributed by atoms with Gasteiger partial charge in [0.1, 0.15) is 0 Å². The Bertz CT molecular complexity index is 1050. The lowest BCUT2D eigenvalue weighted by Crippen LogP contribution is -2.48. The van der Waals surface area contributed by atoms with Crippen LogP contribution in [-0.2, 0) is 10.0 Å². The molecule has 0 amide bonds. The molecular formula is C16H14F2N4O2S3. The minimum atomic E-state index is -3.87. The van der Waals surface area contributed by atoms with Crippen molar-refractivity contribution in [1.82, 2.24) is 13.7 Å². The Morgan fingerprint density at radius 2 is 1.81 bits per heavy atom. The van der Waals surface area contributed by atoms with E-state index in [2.05, 4.69) is 9.36 Å². The summed E-state index contributed by atoms with van der Waals surface area (Å²) in [4.78, 5) is 7.24. The van der Waals surface area contributed by atoms with Crippen LogP contribution in [0, 0.1) is 11.6 Å². The van der Waals surface area contributed by atoms with Gasteiger partial charge in [-0.05, 0) is 29.6 Å². The van der Waals surface area contributed by atoms with Gasteiger partial charge in [0.25, 0.3) is 0 Å². The van der Waals surface area contributed by atoms with Crippen LogP contribution in [0.2, 0.25) is 0 Å². The van der Waals surface area contributed by atoms with Crippen molar-refractivity contribution in [2.45, 2.75) is 4.90 Å². The predicted octanol–water partition coefficient (Wildman–Crippen LogP) is 3.06. The summed E-state index contributed by atoms with van der Waals surface area (Å²) in [6, 6.07) is 6.50. The van der Waals surface area contributed by atoms with Crippen LogP contribution >= 0.6 is 22.9 Å². The second kappa shape index (κ2) is 7.23. The summed E-state index contributed by atoms with van der Waals surface area (Å²) in [7, 11) is -3.87. The molecule has 0 spiro atoms. The standard InChI is InChI=1S/C16H14F2N4O2S3/c17-12-4-3-11(10-13(12)18)27(23,24)22-7-5-21(6-8-22)16-19-15(20-26-16)14-2-1-9-25-14/h1-4,9-10H,5-8H2. The van der Waals surface area contributed by atoms with Crippen molar-refractivity contribution < 1.29 is 17.2 Å². The largest absolute Gasteiger partial charge is 0.344 e. The molecule has 1 aliphatic heterocycles. The van der Waals surface area contributed by atoms with Crippen LogP contribution in [0.3, 0.4) is 0 Å². The Morgan fingerprint density at radius 3 is 2.48 bits per heavy atom. The molecule has 3 heterocycles. The van der Waals surface area contributed by atoms with Crippen molar-refractivity contribution >= 4 is 38.0 Å². The van der Waals surface area contributed by atoms with Gasteiger partial charge in [0, 0.05) is 37.7 Å². The second-order valence-electron chi connectivity index (χ2n) is 5.84. The lowest BCUT2D eigenvalue weighted by Gasteiger charge is -2.33. The fourth-order valence-corrected chi connectivity index (χ4v) is 5.64. The van der Waals surface area contributed by atoms with Crippen molar-refractivity contribution in [2.75, 3.05) is 31.1 Å². The smallest absolute Gasteiger partial charge is 0.243 e. The van der Waals surface area contributed by atoms with Crippen molar-refractivity contribution in [1.29, 1.82) is 0 Å². The van der Waals surface area contributed by atoms with E-state index in [0.29, 0.717) is 18.9 Å². The molecule has 3 aromatic rings. The van der Waals surface area contributed by atoms with Gasteiger partial charge in [-0.1, -0.05) is 6.07 Å². The molecular weight excluding hydrogens is 414 g/mol. The number of hydrogen-bond acceptors (Lipinski definition) is 7. The molecule has 0 unspecified atom stereocenters. The summed E-state index contributed by atoms with van der Waals surface area (Å²) >= 11 is 2.83. The molecule has 0 saturated carbocycles. The normalized spacial score (nSPS) is 16.0. The molecule has 1 fully saturated rings. The maximum absolute atomic E-state index is 13.4. The number of anilines is 1. The molecule has 0 radical (unpaired) electrons. The minimum absolute atomic E-state index is 0.231. The highest BCUT2D eigenvalue weighted by atomic mass is 32.2. The molecule has 27 heavy (non-hydrogen) atoms. The Labute approximate surface area is 162 Å². The van der Waals surface area contributed by atoms with Crippen molar-refractivity contribution in [2.24, 2.45) is 0 Å². The highest BCUT2D eigenvalue weighted by Gasteiger charge is 2.30. The zero-order valence-corrected chi connectivity index (χ0v) is 16.3. The molecule has 0 N–H and O–H groups in total. The molecule has 6 nitrogen and oxygen atoms in total. The number of piperazine rings is 1. The van der Waals surface area contributed by atoms with Crippen LogP contribution in [0.5, 0.6) is 0 Å². The molecule has 142 valence electrons. The maximum atomic E-state index is 13.4. The van der Waals surface area contributed by atoms with Crippen molar-refractivity contribution in [3.63, 3.8) is 0 Å². The third-order valence-corrected chi connectivity index (χ3v) is 7.73. The number of nitrogens with zero attached hydrogens (tertiary/aromatic N) is 4. The third kappa shape index (κ3) is 3.59. The Morgan fingerprint density at radius 1 is 1.04 bits per heavy atom. The molecule has 11 heteroatoms. The number of sulfonamides is 1. The quantitative estimate of drug-likeness (QED) is 0.639. The summed E-state index contributed by atoms with van der Waals surface area (Å²) in [5.74, 6) is -1.58. The first-order valence-electron chi connectivity index (χ1n) is 8.03. The van der Waals surface area contributed by atoms with E-state index in [9.17, 15) is 17.2 Å². The van der Waals surface area contributed by atoms with Gasteiger partial charge >= 0.3 is 0 Å². The first kappa shape index (κ1) is 18.4. The van der Waals surface area contributed by atoms with Crippen LogP contribution < -0.4 is 4.90 Å². The lowest BCUT2D eigenvalue weighted by molar-refractivity contribution is 0.384. The highest BCUT2D eigenvalue weighted by Crippen LogP contribution is 2.28. The molecule has 0 aliphatic carbocycles. The van der Waals surface area contributed by atoms with E-state index in [-0.39, 0.29) is 18.0 Å². The topological polar surface area (TPSA) is 66.4 Å². The van der Waals surface area contributed by atoms with E-state index in [1.807, 2.05) is 22.4 Å². The maximum Gasteiger partial charge on any atom is 0.243 e. The molecule has 2 aromatic heterocycles. The van der Waals surface area contributed by atoms with Gasteiger partial charge in [-0.15, -0.1) is 11.3 Å². The lowest BCUT2D eigenvalue weighted by atomic mass is 10.3. The number of rotatable bonds is 4. The molecule has 1 aromatic carbocycles. The third-order valence-electron chi connectivity index (χ3n) is 4.19. The number of halogens is 2. The number of aromatic nitrogens is 2. The van der Waals surface area contributed by atoms with Crippen LogP contribution in [0.1, 0.15) is 0 Å². The number of hydrogen-bond donors (Lipinski definition) is 0. The van der Waals surface area contributed by atoms with Crippen molar-refractivity contribution in [3.8, 4) is 10.7 Å². The molecule has 4 rings (SSSR count). The molecule has 1 aliphatic rings. The SMILES string of the molecule is O=S(=O)(c1ccc(F)c(F)c1)N1CCN(c2nc(-c3cccs3)ns2)CC1. The fraction of sp³-hybridized carbons (Fsp3) is 0.250. The van der Waals surface area contributed by atoms with Gasteiger partial charge < -0.3 is 4.90 Å². The zero-order valence-electron chi connectivity index (χ0n) is 13.9. The van der Waals surface area contributed by atoms with E-state index < -0.39 is 21.7 Å². The Balaban J connectivity index is 1.46. The number of thiophene rings is 1. The summed E-state index contributed by atoms with van der Waals surface area (Å²) < 4.78 is 57.4. The van der Waals surface area contributed by atoms with Crippen LogP contribution in [0.4, 0.5) is 13.9 Å². The Hall–Kier alpha value is -1.95. The van der Waals surface area contributed by atoms with E-state index in [1.54, 1.807) is 11.3 Å². The molecule has 0 bridgehead atoms. The average molecular weight is 429 g/mol. The highest BCUT2D eigenvalue weighted by molar-refractivity contribution is 7.89. The van der Waals surface area contributed by atoms with Gasteiger partial charge in [0.05, 0.1) is 9.77 Å². The Kier molecular flexibility index (Phi) is 4.93. The van der Waals surface area contributed by atoms with Crippen LogP contribution in [0.15, 0.2) is 40.6 Å². The van der Waals surface area contributed by atoms with Gasteiger partial charge in [-0.3, -0.25) is 0 Å². The van der Waals surface area contributed by atoms with Gasteiger partial charge in [0.2, 0.25) is 15.2 Å². The first-order valence-corrected chi connectivity index (χ1v) is 11.1. The van der Waals surface area contributed by atoms with E-state index in [1.165, 1.54) is 15.8 Å². The van der Waals surface area contributed by atoms with E-state index >= 15 is 0 Å².